The Morgan fingerprint density at radius 1 is 1.00 bits per heavy atom. The molecule has 6 nitrogen and oxygen atoms in total. The predicted molar refractivity (Wildman–Crippen MR) is 117 cm³/mol. The molecule has 0 amide bonds. The minimum absolute atomic E-state index is 0.222. The molecule has 1 aliphatic heterocycles. The lowest BCUT2D eigenvalue weighted by molar-refractivity contribution is 0.346. The van der Waals surface area contributed by atoms with Gasteiger partial charge in [0.05, 0.1) is 5.71 Å². The van der Waals surface area contributed by atoms with Gasteiger partial charge in [0.25, 0.3) is 0 Å². The Hall–Kier alpha value is -2.77. The van der Waals surface area contributed by atoms with Crippen molar-refractivity contribution in [1.82, 2.24) is 9.29 Å². The van der Waals surface area contributed by atoms with Crippen LogP contribution >= 0.6 is 0 Å². The fraction of sp³-hybridized carbons (Fsp3) is 0.273. The van der Waals surface area contributed by atoms with Crippen LogP contribution in [0.4, 0.5) is 5.82 Å². The van der Waals surface area contributed by atoms with E-state index in [0.717, 1.165) is 35.9 Å². The zero-order valence-corrected chi connectivity index (χ0v) is 17.2. The molecular weight excluding hydrogens is 384 g/mol. The minimum Gasteiger partial charge on any atom is -0.261 e. The van der Waals surface area contributed by atoms with Gasteiger partial charge in [0.1, 0.15) is 10.7 Å². The fourth-order valence-corrected chi connectivity index (χ4v) is 4.94. The second-order valence-corrected chi connectivity index (χ2v) is 9.15. The molecular formula is C22H24N4O2S. The number of nitrogens with one attached hydrogen (secondary N) is 1. The van der Waals surface area contributed by atoms with Gasteiger partial charge in [-0.3, -0.25) is 5.43 Å². The number of benzene rings is 2. The molecule has 4 rings (SSSR count). The van der Waals surface area contributed by atoms with Crippen LogP contribution in [-0.2, 0) is 10.0 Å². The van der Waals surface area contributed by atoms with Crippen LogP contribution < -0.4 is 5.43 Å². The van der Waals surface area contributed by atoms with Gasteiger partial charge in [0.2, 0.25) is 10.0 Å². The van der Waals surface area contributed by atoms with Crippen LogP contribution in [0.25, 0.3) is 10.8 Å². The van der Waals surface area contributed by atoms with Gasteiger partial charge < -0.3 is 0 Å². The van der Waals surface area contributed by atoms with Crippen molar-refractivity contribution in [1.29, 1.82) is 0 Å². The lowest BCUT2D eigenvalue weighted by atomic mass is 10.0. The zero-order valence-electron chi connectivity index (χ0n) is 16.4. The Kier molecular flexibility index (Phi) is 5.60. The number of hydrogen-bond acceptors (Lipinski definition) is 5. The topological polar surface area (TPSA) is 74.7 Å². The molecule has 1 N–H and O–H groups in total. The first-order valence-electron chi connectivity index (χ1n) is 9.80. The highest BCUT2D eigenvalue weighted by Crippen LogP contribution is 2.21. The number of piperidine rings is 1. The average Bonchev–Trinajstić information content (AvgIpc) is 2.78. The monoisotopic (exact) mass is 408 g/mol. The van der Waals surface area contributed by atoms with E-state index in [1.54, 1.807) is 16.4 Å². The third kappa shape index (κ3) is 4.31. The Labute approximate surface area is 171 Å². The number of pyridine rings is 1. The van der Waals surface area contributed by atoms with Crippen LogP contribution in [0.1, 0.15) is 31.7 Å². The van der Waals surface area contributed by atoms with Crippen LogP contribution in [0.15, 0.2) is 70.8 Å². The number of rotatable bonds is 5. The molecule has 2 heterocycles. The standard InChI is InChI=1S/C22H24N4O2S/c1-17(19-10-9-18-7-3-4-8-20(18)15-19)24-25-22-12-11-21(16-23-22)29(27,28)26-13-5-2-6-14-26/h3-4,7-12,15-16H,2,5-6,13-14H2,1H3,(H,23,25)/b24-17+. The highest BCUT2D eigenvalue weighted by molar-refractivity contribution is 7.89. The van der Waals surface area contributed by atoms with Gasteiger partial charge >= 0.3 is 0 Å². The number of fused-ring (bicyclic) bond motifs is 1. The van der Waals surface area contributed by atoms with Crippen LogP contribution in [0, 0.1) is 0 Å². The van der Waals surface area contributed by atoms with Crippen molar-refractivity contribution in [3.8, 4) is 0 Å². The van der Waals surface area contributed by atoms with Crippen molar-refractivity contribution in [2.45, 2.75) is 31.1 Å². The quantitative estimate of drug-likeness (QED) is 0.506. The third-order valence-corrected chi connectivity index (χ3v) is 7.08. The van der Waals surface area contributed by atoms with E-state index in [-0.39, 0.29) is 4.90 Å². The molecule has 0 aliphatic carbocycles. The highest BCUT2D eigenvalue weighted by atomic mass is 32.2. The lowest BCUT2D eigenvalue weighted by Gasteiger charge is -2.25. The van der Waals surface area contributed by atoms with Gasteiger partial charge in [-0.1, -0.05) is 42.8 Å². The fourth-order valence-electron chi connectivity index (χ4n) is 3.47. The summed E-state index contributed by atoms with van der Waals surface area (Å²) in [6.07, 6.45) is 4.30. The summed E-state index contributed by atoms with van der Waals surface area (Å²) in [4.78, 5) is 4.45. The molecule has 0 bridgehead atoms. The molecule has 2 aromatic carbocycles. The first kappa shape index (κ1) is 19.5. The van der Waals surface area contributed by atoms with Gasteiger partial charge in [-0.15, -0.1) is 0 Å². The highest BCUT2D eigenvalue weighted by Gasteiger charge is 2.26. The lowest BCUT2D eigenvalue weighted by Crippen LogP contribution is -2.35. The number of sulfonamides is 1. The smallest absolute Gasteiger partial charge is 0.244 e. The second-order valence-electron chi connectivity index (χ2n) is 7.21. The molecule has 0 atom stereocenters. The van der Waals surface area contributed by atoms with Gasteiger partial charge in [-0.25, -0.2) is 13.4 Å². The van der Waals surface area contributed by atoms with Gasteiger partial charge in [0, 0.05) is 19.3 Å². The molecule has 1 aromatic heterocycles. The molecule has 0 saturated carbocycles. The molecule has 0 radical (unpaired) electrons. The molecule has 1 fully saturated rings. The van der Waals surface area contributed by atoms with E-state index in [4.69, 9.17) is 0 Å². The summed E-state index contributed by atoms with van der Waals surface area (Å²) < 4.78 is 26.9. The summed E-state index contributed by atoms with van der Waals surface area (Å²) in [5, 5.41) is 6.74. The SMILES string of the molecule is C/C(=N\Nc1ccc(S(=O)(=O)N2CCCCC2)cn1)c1ccc2ccccc2c1. The summed E-state index contributed by atoms with van der Waals surface area (Å²) in [6.45, 7) is 3.08. The normalized spacial score (nSPS) is 16.1. The van der Waals surface area contributed by atoms with Gasteiger partial charge in [-0.05, 0) is 54.3 Å². The van der Waals surface area contributed by atoms with Crippen molar-refractivity contribution in [2.75, 3.05) is 18.5 Å². The zero-order chi connectivity index (χ0) is 20.3. The Morgan fingerprint density at radius 2 is 1.76 bits per heavy atom. The van der Waals surface area contributed by atoms with Crippen molar-refractivity contribution < 1.29 is 8.42 Å². The maximum absolute atomic E-state index is 12.7. The van der Waals surface area contributed by atoms with E-state index in [2.05, 4.69) is 39.8 Å². The number of hydrazone groups is 1. The van der Waals surface area contributed by atoms with E-state index in [9.17, 15) is 8.42 Å². The van der Waals surface area contributed by atoms with Gasteiger partial charge in [-0.2, -0.15) is 9.41 Å². The molecule has 0 spiro atoms. The third-order valence-electron chi connectivity index (χ3n) is 5.19. The van der Waals surface area contributed by atoms with Crippen LogP contribution in [0.2, 0.25) is 0 Å². The minimum atomic E-state index is -3.47. The second kappa shape index (κ2) is 8.31. The van der Waals surface area contributed by atoms with Gasteiger partial charge in [0.15, 0.2) is 0 Å². The predicted octanol–water partition coefficient (Wildman–Crippen LogP) is 4.25. The summed E-state index contributed by atoms with van der Waals surface area (Å²) in [7, 11) is -3.47. The number of anilines is 1. The number of aromatic nitrogens is 1. The van der Waals surface area contributed by atoms with Crippen molar-refractivity contribution in [2.24, 2.45) is 5.10 Å². The summed E-state index contributed by atoms with van der Waals surface area (Å²) in [6, 6.07) is 17.6. The van der Waals surface area contributed by atoms with Crippen LogP contribution in [-0.4, -0.2) is 36.5 Å². The van der Waals surface area contributed by atoms with E-state index < -0.39 is 10.0 Å². The first-order chi connectivity index (χ1) is 14.0. The summed E-state index contributed by atoms with van der Waals surface area (Å²) >= 11 is 0. The van der Waals surface area contributed by atoms with Crippen molar-refractivity contribution in [3.05, 3.63) is 66.4 Å². The molecule has 7 heteroatoms. The maximum atomic E-state index is 12.7. The van der Waals surface area contributed by atoms with E-state index >= 15 is 0 Å². The van der Waals surface area contributed by atoms with E-state index in [1.165, 1.54) is 11.6 Å². The maximum Gasteiger partial charge on any atom is 0.244 e. The average molecular weight is 409 g/mol. The van der Waals surface area contributed by atoms with Crippen molar-refractivity contribution >= 4 is 32.3 Å². The molecule has 0 unspecified atom stereocenters. The molecule has 1 aliphatic rings. The van der Waals surface area contributed by atoms with E-state index in [1.807, 2.05) is 25.1 Å². The largest absolute Gasteiger partial charge is 0.261 e. The first-order valence-corrected chi connectivity index (χ1v) is 11.2. The number of hydrogen-bond donors (Lipinski definition) is 1. The summed E-state index contributed by atoms with van der Waals surface area (Å²) in [5.41, 5.74) is 4.75. The molecule has 1 saturated heterocycles. The summed E-state index contributed by atoms with van der Waals surface area (Å²) in [5.74, 6) is 0.503. The Morgan fingerprint density at radius 3 is 2.48 bits per heavy atom. The number of nitrogens with zero attached hydrogens (tertiary/aromatic N) is 3. The molecule has 150 valence electrons. The molecule has 3 aromatic rings. The van der Waals surface area contributed by atoms with Crippen LogP contribution in [0.3, 0.4) is 0 Å². The Balaban J connectivity index is 1.47. The Bertz CT molecular complexity index is 1130. The van der Waals surface area contributed by atoms with Crippen molar-refractivity contribution in [3.63, 3.8) is 0 Å². The molecule has 29 heavy (non-hydrogen) atoms. The van der Waals surface area contributed by atoms with E-state index in [0.29, 0.717) is 18.9 Å². The van der Waals surface area contributed by atoms with Crippen LogP contribution in [0.5, 0.6) is 0 Å².